The zero-order valence-electron chi connectivity index (χ0n) is 10.7. The SMILES string of the molecule is Cc1ccc(OCC(=O)O[C@@H]2CCS(=O)(=O)C2)cc1. The average Bonchev–Trinajstić information content (AvgIpc) is 2.68. The molecule has 5 nitrogen and oxygen atoms in total. The third-order valence-corrected chi connectivity index (χ3v) is 4.60. The zero-order chi connectivity index (χ0) is 13.9. The van der Waals surface area contributed by atoms with Crippen LogP contribution in [-0.2, 0) is 19.4 Å². The number of esters is 1. The summed E-state index contributed by atoms with van der Waals surface area (Å²) in [5.74, 6) is 0.0526. The van der Waals surface area contributed by atoms with E-state index in [2.05, 4.69) is 0 Å². The Balaban J connectivity index is 1.77. The van der Waals surface area contributed by atoms with Gasteiger partial charge in [0, 0.05) is 0 Å². The summed E-state index contributed by atoms with van der Waals surface area (Å²) in [6, 6.07) is 7.29. The summed E-state index contributed by atoms with van der Waals surface area (Å²) in [6.45, 7) is 1.75. The van der Waals surface area contributed by atoms with Crippen molar-refractivity contribution in [2.45, 2.75) is 19.4 Å². The van der Waals surface area contributed by atoms with Gasteiger partial charge in [-0.25, -0.2) is 13.2 Å². The van der Waals surface area contributed by atoms with Gasteiger partial charge in [0.05, 0.1) is 11.5 Å². The van der Waals surface area contributed by atoms with Crippen LogP contribution in [0.15, 0.2) is 24.3 Å². The molecule has 6 heteroatoms. The largest absolute Gasteiger partial charge is 0.482 e. The van der Waals surface area contributed by atoms with Crippen LogP contribution < -0.4 is 4.74 Å². The fourth-order valence-corrected chi connectivity index (χ4v) is 3.44. The summed E-state index contributed by atoms with van der Waals surface area (Å²) >= 11 is 0. The quantitative estimate of drug-likeness (QED) is 0.774. The van der Waals surface area contributed by atoms with Gasteiger partial charge in [-0.1, -0.05) is 17.7 Å². The number of benzene rings is 1. The second-order valence-corrected chi connectivity index (χ2v) is 6.85. The Hall–Kier alpha value is -1.56. The van der Waals surface area contributed by atoms with Crippen LogP contribution in [-0.4, -0.2) is 38.6 Å². The van der Waals surface area contributed by atoms with Crippen molar-refractivity contribution < 1.29 is 22.7 Å². The van der Waals surface area contributed by atoms with Gasteiger partial charge < -0.3 is 9.47 Å². The van der Waals surface area contributed by atoms with Crippen molar-refractivity contribution >= 4 is 15.8 Å². The predicted octanol–water partition coefficient (Wildman–Crippen LogP) is 1.10. The molecule has 0 aromatic heterocycles. The molecule has 1 fully saturated rings. The van der Waals surface area contributed by atoms with Crippen molar-refractivity contribution in [2.24, 2.45) is 0 Å². The van der Waals surface area contributed by atoms with Gasteiger partial charge >= 0.3 is 5.97 Å². The second-order valence-electron chi connectivity index (χ2n) is 4.62. The molecule has 1 aliphatic heterocycles. The van der Waals surface area contributed by atoms with Gasteiger partial charge in [0.15, 0.2) is 16.4 Å². The number of ether oxygens (including phenoxy) is 2. The Morgan fingerprint density at radius 2 is 2.00 bits per heavy atom. The van der Waals surface area contributed by atoms with E-state index in [-0.39, 0.29) is 18.1 Å². The van der Waals surface area contributed by atoms with E-state index in [1.807, 2.05) is 19.1 Å². The zero-order valence-corrected chi connectivity index (χ0v) is 11.5. The number of hydrogen-bond acceptors (Lipinski definition) is 5. The number of sulfone groups is 1. The van der Waals surface area contributed by atoms with Crippen LogP contribution >= 0.6 is 0 Å². The molecule has 1 heterocycles. The van der Waals surface area contributed by atoms with Crippen molar-refractivity contribution in [1.29, 1.82) is 0 Å². The standard InChI is InChI=1S/C13H16O5S/c1-10-2-4-11(5-3-10)17-8-13(14)18-12-6-7-19(15,16)9-12/h2-5,12H,6-9H2,1H3/t12-/m1/s1. The van der Waals surface area contributed by atoms with Crippen LogP contribution in [0.2, 0.25) is 0 Å². The lowest BCUT2D eigenvalue weighted by molar-refractivity contribution is -0.150. The van der Waals surface area contributed by atoms with Crippen LogP contribution in [0.1, 0.15) is 12.0 Å². The maximum atomic E-state index is 11.5. The van der Waals surface area contributed by atoms with E-state index in [1.54, 1.807) is 12.1 Å². The lowest BCUT2D eigenvalue weighted by Crippen LogP contribution is -2.23. The first-order chi connectivity index (χ1) is 8.94. The first-order valence-corrected chi connectivity index (χ1v) is 7.86. The number of carbonyl (C=O) groups excluding carboxylic acids is 1. The van der Waals surface area contributed by atoms with Gasteiger partial charge in [-0.2, -0.15) is 0 Å². The minimum absolute atomic E-state index is 0.0801. The molecule has 1 saturated heterocycles. The van der Waals surface area contributed by atoms with E-state index < -0.39 is 21.9 Å². The maximum absolute atomic E-state index is 11.5. The molecule has 0 N–H and O–H groups in total. The molecule has 0 unspecified atom stereocenters. The molecule has 0 radical (unpaired) electrons. The Morgan fingerprint density at radius 3 is 2.58 bits per heavy atom. The van der Waals surface area contributed by atoms with Gasteiger partial charge in [0.2, 0.25) is 0 Å². The highest BCUT2D eigenvalue weighted by Gasteiger charge is 2.30. The summed E-state index contributed by atoms with van der Waals surface area (Å²) in [6.07, 6.45) is -0.155. The van der Waals surface area contributed by atoms with Crippen LogP contribution in [0.5, 0.6) is 5.75 Å². The molecule has 104 valence electrons. The number of rotatable bonds is 4. The average molecular weight is 284 g/mol. The lowest BCUT2D eigenvalue weighted by atomic mass is 10.2. The van der Waals surface area contributed by atoms with Crippen molar-refractivity contribution in [2.75, 3.05) is 18.1 Å². The van der Waals surface area contributed by atoms with Crippen LogP contribution in [0.25, 0.3) is 0 Å². The molecule has 1 atom stereocenters. The fraction of sp³-hybridized carbons (Fsp3) is 0.462. The monoisotopic (exact) mass is 284 g/mol. The van der Waals surface area contributed by atoms with E-state index in [9.17, 15) is 13.2 Å². The Labute approximate surface area is 112 Å². The second kappa shape index (κ2) is 5.61. The van der Waals surface area contributed by atoms with E-state index in [0.717, 1.165) is 5.56 Å². The van der Waals surface area contributed by atoms with Gasteiger partial charge in [-0.15, -0.1) is 0 Å². The van der Waals surface area contributed by atoms with Crippen LogP contribution in [0.3, 0.4) is 0 Å². The highest BCUT2D eigenvalue weighted by Crippen LogP contribution is 2.15. The first-order valence-electron chi connectivity index (χ1n) is 6.04. The summed E-state index contributed by atoms with van der Waals surface area (Å²) in [5.41, 5.74) is 1.10. The number of hydrogen-bond donors (Lipinski definition) is 0. The van der Waals surface area contributed by atoms with Gasteiger partial charge in [0.1, 0.15) is 11.9 Å². The fourth-order valence-electron chi connectivity index (χ4n) is 1.85. The maximum Gasteiger partial charge on any atom is 0.344 e. The molecule has 1 aromatic rings. The number of carbonyl (C=O) groups is 1. The van der Waals surface area contributed by atoms with E-state index >= 15 is 0 Å². The molecule has 19 heavy (non-hydrogen) atoms. The molecule has 0 aliphatic carbocycles. The van der Waals surface area contributed by atoms with Crippen LogP contribution in [0, 0.1) is 6.92 Å². The molecule has 0 spiro atoms. The van der Waals surface area contributed by atoms with Crippen molar-refractivity contribution in [3.8, 4) is 5.75 Å². The molecule has 1 aliphatic rings. The molecule has 0 amide bonds. The molecule has 1 aromatic carbocycles. The molecule has 0 bridgehead atoms. The first kappa shape index (κ1) is 13.9. The Kier molecular flexibility index (Phi) is 4.09. The molecular weight excluding hydrogens is 268 g/mol. The highest BCUT2D eigenvalue weighted by atomic mass is 32.2. The van der Waals surface area contributed by atoms with Gasteiger partial charge in [-0.05, 0) is 25.5 Å². The summed E-state index contributed by atoms with van der Waals surface area (Å²) in [5, 5.41) is 0. The van der Waals surface area contributed by atoms with Gasteiger partial charge in [0.25, 0.3) is 0 Å². The summed E-state index contributed by atoms with van der Waals surface area (Å²) < 4.78 is 32.7. The third-order valence-electron chi connectivity index (χ3n) is 2.87. The topological polar surface area (TPSA) is 69.7 Å². The minimum atomic E-state index is -3.03. The van der Waals surface area contributed by atoms with Crippen LogP contribution in [0.4, 0.5) is 0 Å². The smallest absolute Gasteiger partial charge is 0.344 e. The Morgan fingerprint density at radius 1 is 1.32 bits per heavy atom. The summed E-state index contributed by atoms with van der Waals surface area (Å²) in [4.78, 5) is 11.5. The van der Waals surface area contributed by atoms with Crippen molar-refractivity contribution in [3.05, 3.63) is 29.8 Å². The minimum Gasteiger partial charge on any atom is -0.482 e. The molecule has 2 rings (SSSR count). The predicted molar refractivity (Wildman–Crippen MR) is 69.8 cm³/mol. The molecule has 0 saturated carbocycles. The van der Waals surface area contributed by atoms with E-state index in [4.69, 9.17) is 9.47 Å². The third kappa shape index (κ3) is 4.24. The van der Waals surface area contributed by atoms with E-state index in [1.165, 1.54) is 0 Å². The summed E-state index contributed by atoms with van der Waals surface area (Å²) in [7, 11) is -3.03. The van der Waals surface area contributed by atoms with Crippen molar-refractivity contribution in [1.82, 2.24) is 0 Å². The Bertz CT molecular complexity index is 547. The lowest BCUT2D eigenvalue weighted by Gasteiger charge is -2.11. The number of aryl methyl sites for hydroxylation is 1. The normalized spacial score (nSPS) is 21.0. The van der Waals surface area contributed by atoms with Gasteiger partial charge in [-0.3, -0.25) is 0 Å². The highest BCUT2D eigenvalue weighted by molar-refractivity contribution is 7.91. The van der Waals surface area contributed by atoms with Crippen molar-refractivity contribution in [3.63, 3.8) is 0 Å². The molecular formula is C13H16O5S. The van der Waals surface area contributed by atoms with E-state index in [0.29, 0.717) is 12.2 Å².